The van der Waals surface area contributed by atoms with Gasteiger partial charge in [0.15, 0.2) is 0 Å². The molecule has 0 radical (unpaired) electrons. The van der Waals surface area contributed by atoms with Crippen LogP contribution in [0.15, 0.2) is 36.4 Å². The molecule has 4 rings (SSSR count). The van der Waals surface area contributed by atoms with Crippen LogP contribution in [0.5, 0.6) is 5.75 Å². The van der Waals surface area contributed by atoms with Crippen molar-refractivity contribution in [2.75, 3.05) is 7.11 Å². The first-order valence-electron chi connectivity index (χ1n) is 10.6. The number of nitro groups is 1. The zero-order chi connectivity index (χ0) is 24.5. The maximum absolute atomic E-state index is 13.1. The van der Waals surface area contributed by atoms with Gasteiger partial charge >= 0.3 is 6.09 Å². The Bertz CT molecular complexity index is 1250. The molecule has 9 heteroatoms. The van der Waals surface area contributed by atoms with Crippen LogP contribution < -0.4 is 10.1 Å². The van der Waals surface area contributed by atoms with Crippen molar-refractivity contribution in [3.8, 4) is 17.0 Å². The van der Waals surface area contributed by atoms with Gasteiger partial charge in [-0.05, 0) is 51.1 Å². The number of hydrogen-bond acceptors (Lipinski definition) is 6. The van der Waals surface area contributed by atoms with Gasteiger partial charge in [0.05, 0.1) is 40.9 Å². The zero-order valence-electron chi connectivity index (χ0n) is 19.5. The largest absolute Gasteiger partial charge is 0.497 e. The Morgan fingerprint density at radius 3 is 2.45 bits per heavy atom. The molecule has 1 N–H and O–H groups in total. The zero-order valence-corrected chi connectivity index (χ0v) is 19.5. The van der Waals surface area contributed by atoms with E-state index < -0.39 is 22.5 Å². The lowest BCUT2D eigenvalue weighted by Crippen LogP contribution is -2.27. The van der Waals surface area contributed by atoms with Gasteiger partial charge in [-0.2, -0.15) is 0 Å². The van der Waals surface area contributed by atoms with E-state index in [2.05, 4.69) is 5.32 Å². The molecule has 9 nitrogen and oxygen atoms in total. The maximum atomic E-state index is 13.1. The molecule has 2 heterocycles. The number of fused-ring (bicyclic) bond motifs is 2. The van der Waals surface area contributed by atoms with Gasteiger partial charge in [-0.25, -0.2) is 9.36 Å². The summed E-state index contributed by atoms with van der Waals surface area (Å²) in [5.74, 6) is 0.180. The third-order valence-corrected chi connectivity index (χ3v) is 5.00. The molecule has 0 saturated heterocycles. The summed E-state index contributed by atoms with van der Waals surface area (Å²) < 4.78 is 12.3. The van der Waals surface area contributed by atoms with E-state index in [4.69, 9.17) is 9.47 Å². The fourth-order valence-corrected chi connectivity index (χ4v) is 3.74. The quantitative estimate of drug-likeness (QED) is 0.427. The molecule has 3 aromatic rings. The number of amides is 1. The summed E-state index contributed by atoms with van der Waals surface area (Å²) in [5.41, 5.74) is 0.984. The summed E-state index contributed by atoms with van der Waals surface area (Å²) in [6.45, 7) is 9.34. The van der Waals surface area contributed by atoms with Crippen LogP contribution in [0.25, 0.3) is 22.2 Å². The monoisotopic (exact) mass is 453 g/mol. The number of hydrogen-bond donors (Lipinski definition) is 1. The number of methoxy groups -OCH3 is 1. The Morgan fingerprint density at radius 1 is 1.15 bits per heavy atom. The topological polar surface area (TPSA) is 113 Å². The molecule has 0 atom stereocenters. The molecule has 0 spiro atoms. The number of aromatic nitrogens is 1. The molecule has 33 heavy (non-hydrogen) atoms. The van der Waals surface area contributed by atoms with Crippen molar-refractivity contribution in [3.05, 3.63) is 57.6 Å². The molecular weight excluding hydrogens is 426 g/mol. The normalized spacial score (nSPS) is 12.5. The SMILES string of the molecule is CC.COc1ccc2c(c1)cc(-c1ccc([N+](=O)[O-])c3c1C(=O)NC3)n2C(=O)OC(C)(C)C. The lowest BCUT2D eigenvalue weighted by Gasteiger charge is -2.21. The van der Waals surface area contributed by atoms with E-state index in [0.29, 0.717) is 33.5 Å². The summed E-state index contributed by atoms with van der Waals surface area (Å²) in [6.07, 6.45) is -0.617. The molecule has 0 aliphatic carbocycles. The highest BCUT2D eigenvalue weighted by atomic mass is 16.6. The van der Waals surface area contributed by atoms with Crippen molar-refractivity contribution < 1.29 is 24.0 Å². The first-order valence-corrected chi connectivity index (χ1v) is 10.6. The maximum Gasteiger partial charge on any atom is 0.419 e. The minimum absolute atomic E-state index is 0.0544. The molecule has 1 aliphatic heterocycles. The highest BCUT2D eigenvalue weighted by Gasteiger charge is 2.33. The summed E-state index contributed by atoms with van der Waals surface area (Å²) >= 11 is 0. The van der Waals surface area contributed by atoms with E-state index in [1.54, 1.807) is 52.1 Å². The summed E-state index contributed by atoms with van der Waals surface area (Å²) in [7, 11) is 1.54. The number of nitro benzene ring substituents is 1. The highest BCUT2D eigenvalue weighted by Crippen LogP contribution is 2.38. The Hall–Kier alpha value is -3.88. The van der Waals surface area contributed by atoms with E-state index in [1.807, 2.05) is 13.8 Å². The summed E-state index contributed by atoms with van der Waals surface area (Å²) in [6, 6.07) is 9.81. The van der Waals surface area contributed by atoms with Crippen molar-refractivity contribution in [1.82, 2.24) is 9.88 Å². The Morgan fingerprint density at radius 2 is 1.85 bits per heavy atom. The number of carbonyl (C=O) groups is 2. The molecule has 0 unspecified atom stereocenters. The standard InChI is InChI=1S/C22H21N3O6.C2H6/c1-22(2,3)31-21(27)24-16-7-5-13(30-4)9-12(16)10-18(24)14-6-8-17(25(28)29)15-11-23-20(26)19(14)15;1-2/h5-10H,11H2,1-4H3,(H,23,26);1-2H3. The van der Waals surface area contributed by atoms with Crippen LogP contribution in [-0.4, -0.2) is 34.2 Å². The molecule has 1 aromatic heterocycles. The predicted molar refractivity (Wildman–Crippen MR) is 125 cm³/mol. The van der Waals surface area contributed by atoms with Gasteiger partial charge in [-0.3, -0.25) is 14.9 Å². The van der Waals surface area contributed by atoms with E-state index in [-0.39, 0.29) is 17.8 Å². The van der Waals surface area contributed by atoms with Crippen LogP contribution in [0.2, 0.25) is 0 Å². The van der Waals surface area contributed by atoms with Crippen LogP contribution in [0.4, 0.5) is 10.5 Å². The Kier molecular flexibility index (Phi) is 6.44. The van der Waals surface area contributed by atoms with E-state index in [1.165, 1.54) is 16.7 Å². The number of rotatable bonds is 3. The second kappa shape index (κ2) is 8.93. The van der Waals surface area contributed by atoms with E-state index in [0.717, 1.165) is 0 Å². The van der Waals surface area contributed by atoms with Crippen molar-refractivity contribution >= 4 is 28.6 Å². The predicted octanol–water partition coefficient (Wildman–Crippen LogP) is 5.28. The van der Waals surface area contributed by atoms with Gasteiger partial charge in [-0.1, -0.05) is 13.8 Å². The van der Waals surface area contributed by atoms with Crippen molar-refractivity contribution in [1.29, 1.82) is 0 Å². The third-order valence-electron chi connectivity index (χ3n) is 5.00. The van der Waals surface area contributed by atoms with Crippen LogP contribution in [0, 0.1) is 10.1 Å². The molecule has 0 saturated carbocycles. The smallest absolute Gasteiger partial charge is 0.419 e. The summed E-state index contributed by atoms with van der Waals surface area (Å²) in [5, 5.41) is 14.8. The van der Waals surface area contributed by atoms with Crippen molar-refractivity contribution in [2.45, 2.75) is 46.8 Å². The first-order chi connectivity index (χ1) is 15.6. The second-order valence-corrected chi connectivity index (χ2v) is 8.20. The van der Waals surface area contributed by atoms with Crippen molar-refractivity contribution in [2.24, 2.45) is 0 Å². The average Bonchev–Trinajstić information content (AvgIpc) is 3.34. The minimum atomic E-state index is -0.744. The van der Waals surface area contributed by atoms with Gasteiger partial charge in [0.1, 0.15) is 11.4 Å². The molecule has 2 aromatic carbocycles. The van der Waals surface area contributed by atoms with Crippen LogP contribution in [0.3, 0.4) is 0 Å². The van der Waals surface area contributed by atoms with E-state index in [9.17, 15) is 19.7 Å². The van der Waals surface area contributed by atoms with Crippen LogP contribution in [0.1, 0.15) is 50.5 Å². The van der Waals surface area contributed by atoms with Crippen molar-refractivity contribution in [3.63, 3.8) is 0 Å². The lowest BCUT2D eigenvalue weighted by molar-refractivity contribution is -0.385. The second-order valence-electron chi connectivity index (χ2n) is 8.20. The summed E-state index contributed by atoms with van der Waals surface area (Å²) in [4.78, 5) is 36.6. The molecule has 174 valence electrons. The number of ether oxygens (including phenoxy) is 2. The lowest BCUT2D eigenvalue weighted by atomic mass is 9.98. The Balaban J connectivity index is 0.00000149. The van der Waals surface area contributed by atoms with E-state index >= 15 is 0 Å². The fraction of sp³-hybridized carbons (Fsp3) is 0.333. The van der Waals surface area contributed by atoms with Gasteiger partial charge in [-0.15, -0.1) is 0 Å². The highest BCUT2D eigenvalue weighted by molar-refractivity contribution is 6.07. The number of nitrogens with one attached hydrogen (secondary N) is 1. The fourth-order valence-electron chi connectivity index (χ4n) is 3.74. The van der Waals surface area contributed by atoms with Gasteiger partial charge in [0, 0.05) is 17.0 Å². The number of benzene rings is 2. The molecular formula is C24H27N3O6. The van der Waals surface area contributed by atoms with Gasteiger partial charge in [0.2, 0.25) is 0 Å². The molecule has 0 bridgehead atoms. The average molecular weight is 453 g/mol. The molecule has 0 fully saturated rings. The Labute approximate surface area is 191 Å². The van der Waals surface area contributed by atoms with Gasteiger partial charge in [0.25, 0.3) is 11.6 Å². The van der Waals surface area contributed by atoms with Gasteiger partial charge < -0.3 is 14.8 Å². The number of carbonyl (C=O) groups excluding carboxylic acids is 2. The van der Waals surface area contributed by atoms with Crippen LogP contribution in [-0.2, 0) is 11.3 Å². The van der Waals surface area contributed by atoms with Crippen LogP contribution >= 0.6 is 0 Å². The third kappa shape index (κ3) is 4.39. The molecule has 1 amide bonds. The first kappa shape index (κ1) is 23.8. The minimum Gasteiger partial charge on any atom is -0.497 e. The number of nitrogens with zero attached hydrogens (tertiary/aromatic N) is 2. The molecule has 1 aliphatic rings.